The quantitative estimate of drug-likeness (QED) is 0.415. The third-order valence-electron chi connectivity index (χ3n) is 1.55. The molecule has 0 aromatic rings. The van der Waals surface area contributed by atoms with E-state index >= 15 is 0 Å². The summed E-state index contributed by atoms with van der Waals surface area (Å²) in [5, 5.41) is 2.77. The molecule has 62 valence electrons. The van der Waals surface area contributed by atoms with E-state index in [1.165, 1.54) is 0 Å². The van der Waals surface area contributed by atoms with Gasteiger partial charge in [0.05, 0.1) is 0 Å². The van der Waals surface area contributed by atoms with Crippen LogP contribution in [0.4, 0.5) is 0 Å². The molecule has 0 radical (unpaired) electrons. The topological polar surface area (TPSA) is 64.3 Å². The third kappa shape index (κ3) is 2.44. The number of nitrogens with one attached hydrogen (secondary N) is 1. The summed E-state index contributed by atoms with van der Waals surface area (Å²) in [6.45, 7) is 0.858. The summed E-state index contributed by atoms with van der Waals surface area (Å²) in [7, 11) is 0. The van der Waals surface area contributed by atoms with E-state index in [0.717, 1.165) is 19.4 Å². The maximum Gasteiger partial charge on any atom is 0.330 e. The maximum atomic E-state index is 11.0. The lowest BCUT2D eigenvalue weighted by Gasteiger charge is -2.07. The monoisotopic (exact) mass is 174 g/mol. The molecule has 0 aromatic carbocycles. The highest BCUT2D eigenvalue weighted by molar-refractivity contribution is 7.80. The summed E-state index contributed by atoms with van der Waals surface area (Å²) in [6.07, 6.45) is 1.80. The van der Waals surface area contributed by atoms with Crippen LogP contribution in [0.1, 0.15) is 12.8 Å². The van der Waals surface area contributed by atoms with Gasteiger partial charge in [0, 0.05) is 0 Å². The van der Waals surface area contributed by atoms with Crippen LogP contribution >= 0.6 is 12.2 Å². The van der Waals surface area contributed by atoms with Crippen molar-refractivity contribution in [2.75, 3.05) is 6.54 Å². The molecule has 0 bridgehead atoms. The van der Waals surface area contributed by atoms with Gasteiger partial charge in [0.15, 0.2) is 0 Å². The number of nitrogens with two attached hydrogens (primary N) is 1. The summed E-state index contributed by atoms with van der Waals surface area (Å²) in [5.74, 6) is -0.366. The van der Waals surface area contributed by atoms with Crippen LogP contribution in [0, 0.1) is 0 Å². The molecule has 1 fully saturated rings. The van der Waals surface area contributed by atoms with Gasteiger partial charge in [0.1, 0.15) is 6.04 Å². The van der Waals surface area contributed by atoms with Crippen LogP contribution in [0.25, 0.3) is 0 Å². The van der Waals surface area contributed by atoms with Crippen molar-refractivity contribution >= 4 is 23.4 Å². The van der Waals surface area contributed by atoms with Crippen LogP contribution < -0.4 is 11.1 Å². The lowest BCUT2D eigenvalue weighted by Crippen LogP contribution is -2.35. The van der Waals surface area contributed by atoms with Crippen molar-refractivity contribution in [2.24, 2.45) is 5.73 Å². The summed E-state index contributed by atoms with van der Waals surface area (Å²) in [6, 6.07) is -0.212. The minimum absolute atomic E-state index is 0.205. The summed E-state index contributed by atoms with van der Waals surface area (Å²) in [5.41, 5.74) is 5.02. The summed E-state index contributed by atoms with van der Waals surface area (Å²) in [4.78, 5) is 11.0. The van der Waals surface area contributed by atoms with Crippen LogP contribution in [0.15, 0.2) is 0 Å². The molecule has 4 nitrogen and oxygen atoms in total. The first kappa shape index (κ1) is 8.42. The Morgan fingerprint density at radius 2 is 2.45 bits per heavy atom. The van der Waals surface area contributed by atoms with Crippen LogP contribution in [0.5, 0.6) is 0 Å². The second-order valence-corrected chi connectivity index (χ2v) is 2.79. The van der Waals surface area contributed by atoms with E-state index in [1.54, 1.807) is 0 Å². The molecule has 1 aliphatic rings. The SMILES string of the molecule is NC(=S)OC(=O)C1CCCN1. The Kier molecular flexibility index (Phi) is 2.78. The molecule has 0 spiro atoms. The number of esters is 1. The van der Waals surface area contributed by atoms with E-state index in [-0.39, 0.29) is 17.2 Å². The van der Waals surface area contributed by atoms with Crippen LogP contribution in [-0.4, -0.2) is 23.7 Å². The molecule has 1 unspecified atom stereocenters. The maximum absolute atomic E-state index is 11.0. The molecule has 3 N–H and O–H groups in total. The Hall–Kier alpha value is -0.680. The van der Waals surface area contributed by atoms with Crippen molar-refractivity contribution in [1.29, 1.82) is 0 Å². The fraction of sp³-hybridized carbons (Fsp3) is 0.667. The molecule has 0 saturated carbocycles. The zero-order chi connectivity index (χ0) is 8.27. The zero-order valence-corrected chi connectivity index (χ0v) is 6.82. The molecular weight excluding hydrogens is 164 g/mol. The molecule has 0 aromatic heterocycles. The van der Waals surface area contributed by atoms with E-state index in [0.29, 0.717) is 0 Å². The predicted molar refractivity (Wildman–Crippen MR) is 43.9 cm³/mol. The average Bonchev–Trinajstić information content (AvgIpc) is 2.35. The second-order valence-electron chi connectivity index (χ2n) is 2.39. The largest absolute Gasteiger partial charge is 0.398 e. The number of rotatable bonds is 1. The van der Waals surface area contributed by atoms with Gasteiger partial charge >= 0.3 is 5.97 Å². The Morgan fingerprint density at radius 1 is 1.73 bits per heavy atom. The minimum Gasteiger partial charge on any atom is -0.398 e. The predicted octanol–water partition coefficient (Wildman–Crippen LogP) is -0.475. The Balaban J connectivity index is 2.34. The summed E-state index contributed by atoms with van der Waals surface area (Å²) < 4.78 is 4.54. The number of carbonyl (C=O) groups excluding carboxylic acids is 1. The number of carbonyl (C=O) groups is 1. The molecular formula is C6H10N2O2S. The molecule has 11 heavy (non-hydrogen) atoms. The first-order chi connectivity index (χ1) is 5.20. The van der Waals surface area contributed by atoms with Gasteiger partial charge in [-0.05, 0) is 31.6 Å². The Bertz CT molecular complexity index is 177. The number of hydrogen-bond acceptors (Lipinski definition) is 4. The third-order valence-corrected chi connectivity index (χ3v) is 1.63. The van der Waals surface area contributed by atoms with Gasteiger partial charge in [0.25, 0.3) is 5.17 Å². The normalized spacial score (nSPS) is 23.1. The van der Waals surface area contributed by atoms with E-state index in [1.807, 2.05) is 0 Å². The average molecular weight is 174 g/mol. The zero-order valence-electron chi connectivity index (χ0n) is 6.00. The molecule has 1 rings (SSSR count). The van der Waals surface area contributed by atoms with Crippen LogP contribution in [-0.2, 0) is 9.53 Å². The van der Waals surface area contributed by atoms with Crippen molar-refractivity contribution in [1.82, 2.24) is 5.32 Å². The highest BCUT2D eigenvalue weighted by Crippen LogP contribution is 2.05. The molecule has 0 amide bonds. The van der Waals surface area contributed by atoms with E-state index < -0.39 is 0 Å². The molecule has 0 aliphatic carbocycles. The number of hydrogen-bond donors (Lipinski definition) is 2. The van der Waals surface area contributed by atoms with E-state index in [9.17, 15) is 4.79 Å². The van der Waals surface area contributed by atoms with Gasteiger partial charge < -0.3 is 15.8 Å². The van der Waals surface area contributed by atoms with Crippen molar-refractivity contribution in [3.63, 3.8) is 0 Å². The van der Waals surface area contributed by atoms with E-state index in [2.05, 4.69) is 22.3 Å². The molecule has 1 aliphatic heterocycles. The van der Waals surface area contributed by atoms with Crippen molar-refractivity contribution in [3.05, 3.63) is 0 Å². The minimum atomic E-state index is -0.366. The Labute approximate surface area is 70.1 Å². The fourth-order valence-electron chi connectivity index (χ4n) is 1.06. The first-order valence-corrected chi connectivity index (χ1v) is 3.85. The lowest BCUT2D eigenvalue weighted by atomic mass is 10.2. The van der Waals surface area contributed by atoms with Gasteiger partial charge in [-0.15, -0.1) is 0 Å². The second kappa shape index (κ2) is 3.64. The van der Waals surface area contributed by atoms with Gasteiger partial charge in [-0.3, -0.25) is 0 Å². The first-order valence-electron chi connectivity index (χ1n) is 3.44. The molecule has 1 saturated heterocycles. The number of ether oxygens (including phenoxy) is 1. The standard InChI is InChI=1S/C6H10N2O2S/c7-6(11)10-5(9)4-2-1-3-8-4/h4,8H,1-3H2,(H2,7,11). The highest BCUT2D eigenvalue weighted by atomic mass is 32.1. The van der Waals surface area contributed by atoms with Crippen molar-refractivity contribution in [3.8, 4) is 0 Å². The van der Waals surface area contributed by atoms with Gasteiger partial charge in [-0.2, -0.15) is 0 Å². The van der Waals surface area contributed by atoms with E-state index in [4.69, 9.17) is 5.73 Å². The van der Waals surface area contributed by atoms with Crippen molar-refractivity contribution in [2.45, 2.75) is 18.9 Å². The van der Waals surface area contributed by atoms with Gasteiger partial charge in [-0.25, -0.2) is 4.79 Å². The Morgan fingerprint density at radius 3 is 2.91 bits per heavy atom. The molecule has 5 heteroatoms. The van der Waals surface area contributed by atoms with Crippen LogP contribution in [0.3, 0.4) is 0 Å². The van der Waals surface area contributed by atoms with Crippen LogP contribution in [0.2, 0.25) is 0 Å². The molecule has 1 atom stereocenters. The van der Waals surface area contributed by atoms with Gasteiger partial charge in [-0.1, -0.05) is 0 Å². The summed E-state index contributed by atoms with van der Waals surface area (Å²) >= 11 is 4.41. The molecule has 1 heterocycles. The number of thiocarbonyl (C=S) groups is 1. The van der Waals surface area contributed by atoms with Crippen molar-refractivity contribution < 1.29 is 9.53 Å². The van der Waals surface area contributed by atoms with Gasteiger partial charge in [0.2, 0.25) is 0 Å². The fourth-order valence-corrected chi connectivity index (χ4v) is 1.14. The lowest BCUT2D eigenvalue weighted by molar-refractivity contribution is -0.137. The highest BCUT2D eigenvalue weighted by Gasteiger charge is 2.23. The smallest absolute Gasteiger partial charge is 0.330 e.